The van der Waals surface area contributed by atoms with Crippen molar-refractivity contribution in [1.82, 2.24) is 4.98 Å². The summed E-state index contributed by atoms with van der Waals surface area (Å²) < 4.78 is 5.03. The quantitative estimate of drug-likeness (QED) is 0.588. The Morgan fingerprint density at radius 3 is 2.70 bits per heavy atom. The highest BCUT2D eigenvalue weighted by Crippen LogP contribution is 2.21. The highest BCUT2D eigenvalue weighted by molar-refractivity contribution is 6.05. The van der Waals surface area contributed by atoms with Crippen molar-refractivity contribution in [3.05, 3.63) is 69.6 Å². The predicted octanol–water partition coefficient (Wildman–Crippen LogP) is 3.01. The Hall–Kier alpha value is -3.48. The molecule has 0 aliphatic carbocycles. The van der Waals surface area contributed by atoms with Crippen molar-refractivity contribution in [3.63, 3.8) is 0 Å². The van der Waals surface area contributed by atoms with Gasteiger partial charge in [0.05, 0.1) is 22.8 Å². The molecule has 3 aromatic rings. The van der Waals surface area contributed by atoms with Crippen LogP contribution in [0.4, 0.5) is 5.88 Å². The van der Waals surface area contributed by atoms with Gasteiger partial charge in [-0.2, -0.15) is 0 Å². The Kier molecular flexibility index (Phi) is 3.60. The molecule has 23 heavy (non-hydrogen) atoms. The van der Waals surface area contributed by atoms with E-state index < -0.39 is 10.8 Å². The van der Waals surface area contributed by atoms with E-state index in [1.165, 1.54) is 18.2 Å². The average molecular weight is 309 g/mol. The van der Waals surface area contributed by atoms with Crippen LogP contribution in [0.25, 0.3) is 23.1 Å². The minimum atomic E-state index is -0.614. The van der Waals surface area contributed by atoms with Gasteiger partial charge in [-0.25, -0.2) is 4.98 Å². The predicted molar refractivity (Wildman–Crippen MR) is 84.6 cm³/mol. The summed E-state index contributed by atoms with van der Waals surface area (Å²) in [5.74, 6) is -0.576. The topological polar surface area (TPSA) is 112 Å². The van der Waals surface area contributed by atoms with Crippen molar-refractivity contribution in [2.75, 3.05) is 0 Å². The molecule has 1 aromatic carbocycles. The number of carbonyl (C=O) groups is 1. The molecule has 0 radical (unpaired) electrons. The summed E-state index contributed by atoms with van der Waals surface area (Å²) in [7, 11) is 0. The monoisotopic (exact) mass is 309 g/mol. The van der Waals surface area contributed by atoms with E-state index >= 15 is 0 Å². The molecule has 114 valence electrons. The molecular weight excluding hydrogens is 298 g/mol. The summed E-state index contributed by atoms with van der Waals surface area (Å²) in [6.45, 7) is 0. The molecule has 3 rings (SSSR count). The molecule has 0 unspecified atom stereocenters. The molecule has 2 N–H and O–H groups in total. The molecule has 0 bridgehead atoms. The fourth-order valence-corrected chi connectivity index (χ4v) is 2.18. The zero-order valence-corrected chi connectivity index (χ0v) is 11.8. The van der Waals surface area contributed by atoms with Crippen LogP contribution in [0.5, 0.6) is 0 Å². The summed E-state index contributed by atoms with van der Waals surface area (Å²) >= 11 is 0. The molecule has 0 aliphatic heterocycles. The summed E-state index contributed by atoms with van der Waals surface area (Å²) in [6, 6.07) is 11.5. The first kappa shape index (κ1) is 14.5. The number of pyridine rings is 1. The molecule has 2 heterocycles. The number of amides is 1. The number of nitrogens with two attached hydrogens (primary N) is 1. The first-order valence-corrected chi connectivity index (χ1v) is 6.66. The van der Waals surface area contributed by atoms with Crippen molar-refractivity contribution < 1.29 is 14.1 Å². The van der Waals surface area contributed by atoms with Crippen molar-refractivity contribution in [1.29, 1.82) is 0 Å². The number of aromatic nitrogens is 1. The van der Waals surface area contributed by atoms with Gasteiger partial charge in [-0.05, 0) is 30.4 Å². The van der Waals surface area contributed by atoms with Crippen molar-refractivity contribution in [3.8, 4) is 0 Å². The molecule has 0 saturated carbocycles. The average Bonchev–Trinajstić information content (AvgIpc) is 3.01. The maximum Gasteiger partial charge on any atom is 0.433 e. The second-order valence-electron chi connectivity index (χ2n) is 4.74. The molecule has 0 fully saturated rings. The van der Waals surface area contributed by atoms with Gasteiger partial charge in [0.15, 0.2) is 0 Å². The highest BCUT2D eigenvalue weighted by atomic mass is 16.6. The second-order valence-corrected chi connectivity index (χ2v) is 4.74. The number of benzene rings is 1. The molecular formula is C16H11N3O4. The fraction of sp³-hybridized carbons (Fsp3) is 0. The number of para-hydroxylation sites is 1. The van der Waals surface area contributed by atoms with Crippen LogP contribution in [0.1, 0.15) is 21.8 Å². The molecule has 7 nitrogen and oxygen atoms in total. The molecule has 7 heteroatoms. The van der Waals surface area contributed by atoms with Crippen LogP contribution < -0.4 is 5.73 Å². The summed E-state index contributed by atoms with van der Waals surface area (Å²) in [5, 5.41) is 11.3. The minimum absolute atomic E-state index is 0.312. The fourth-order valence-electron chi connectivity index (χ4n) is 2.18. The molecule has 0 spiro atoms. The van der Waals surface area contributed by atoms with Gasteiger partial charge < -0.3 is 10.2 Å². The maximum atomic E-state index is 11.6. The Morgan fingerprint density at radius 1 is 1.22 bits per heavy atom. The van der Waals surface area contributed by atoms with Crippen LogP contribution in [0.15, 0.2) is 46.9 Å². The van der Waals surface area contributed by atoms with Gasteiger partial charge in [0.25, 0.3) is 0 Å². The molecule has 0 atom stereocenters. The standard InChI is InChI=1S/C16H11N3O4/c17-16(20)13-9-10(18-14-4-2-1-3-12(13)14)5-6-11-7-8-15(23-11)19(21)22/h1-9H,(H2,17,20)/b6-5+. The summed E-state index contributed by atoms with van der Waals surface area (Å²) in [5.41, 5.74) is 6.90. The third-order valence-corrected chi connectivity index (χ3v) is 3.21. The van der Waals surface area contributed by atoms with Crippen molar-refractivity contribution in [2.45, 2.75) is 0 Å². The van der Waals surface area contributed by atoms with Crippen molar-refractivity contribution in [2.24, 2.45) is 5.73 Å². The van der Waals surface area contributed by atoms with E-state index in [0.29, 0.717) is 27.9 Å². The van der Waals surface area contributed by atoms with Crippen LogP contribution >= 0.6 is 0 Å². The zero-order chi connectivity index (χ0) is 16.4. The van der Waals surface area contributed by atoms with Gasteiger partial charge in [-0.15, -0.1) is 0 Å². The van der Waals surface area contributed by atoms with Crippen LogP contribution in [-0.2, 0) is 0 Å². The van der Waals surface area contributed by atoms with Crippen LogP contribution in [-0.4, -0.2) is 15.8 Å². The third kappa shape index (κ3) is 2.93. The molecule has 2 aromatic heterocycles. The Morgan fingerprint density at radius 2 is 2.00 bits per heavy atom. The number of rotatable bonds is 4. The lowest BCUT2D eigenvalue weighted by molar-refractivity contribution is -0.402. The van der Waals surface area contributed by atoms with Gasteiger partial charge in [0.2, 0.25) is 5.91 Å². The summed E-state index contributed by atoms with van der Waals surface area (Å²) in [4.78, 5) is 26.0. The second kappa shape index (κ2) is 5.72. The van der Waals surface area contributed by atoms with Gasteiger partial charge >= 0.3 is 5.88 Å². The summed E-state index contributed by atoms with van der Waals surface area (Å²) in [6.07, 6.45) is 3.14. The number of hydrogen-bond donors (Lipinski definition) is 1. The van der Waals surface area contributed by atoms with E-state index in [1.54, 1.807) is 30.3 Å². The lowest BCUT2D eigenvalue weighted by Gasteiger charge is -2.04. The van der Waals surface area contributed by atoms with Gasteiger partial charge in [0.1, 0.15) is 10.7 Å². The highest BCUT2D eigenvalue weighted by Gasteiger charge is 2.11. The van der Waals surface area contributed by atoms with Crippen molar-refractivity contribution >= 4 is 34.8 Å². The van der Waals surface area contributed by atoms with Gasteiger partial charge in [-0.1, -0.05) is 18.2 Å². The van der Waals surface area contributed by atoms with E-state index in [-0.39, 0.29) is 5.88 Å². The van der Waals surface area contributed by atoms with E-state index in [2.05, 4.69) is 4.98 Å². The lowest BCUT2D eigenvalue weighted by atomic mass is 10.1. The van der Waals surface area contributed by atoms with Crippen LogP contribution in [0.2, 0.25) is 0 Å². The Bertz CT molecular complexity index is 943. The Balaban J connectivity index is 2.00. The van der Waals surface area contributed by atoms with Crippen LogP contribution in [0.3, 0.4) is 0 Å². The third-order valence-electron chi connectivity index (χ3n) is 3.21. The number of primary amides is 1. The molecule has 0 aliphatic rings. The van der Waals surface area contributed by atoms with E-state index in [4.69, 9.17) is 10.2 Å². The smallest absolute Gasteiger partial charge is 0.401 e. The number of nitro groups is 1. The number of furan rings is 1. The van der Waals surface area contributed by atoms with E-state index in [1.807, 2.05) is 6.07 Å². The van der Waals surface area contributed by atoms with Crippen LogP contribution in [0, 0.1) is 10.1 Å². The molecule has 1 amide bonds. The number of fused-ring (bicyclic) bond motifs is 1. The van der Waals surface area contributed by atoms with E-state index in [0.717, 1.165) is 0 Å². The number of hydrogen-bond acceptors (Lipinski definition) is 5. The van der Waals surface area contributed by atoms with Gasteiger partial charge in [0, 0.05) is 5.39 Å². The minimum Gasteiger partial charge on any atom is -0.401 e. The van der Waals surface area contributed by atoms with Gasteiger partial charge in [-0.3, -0.25) is 14.9 Å². The number of nitrogens with zero attached hydrogens (tertiary/aromatic N) is 2. The zero-order valence-electron chi connectivity index (χ0n) is 11.8. The SMILES string of the molecule is NC(=O)c1cc(/C=C/c2ccc([N+](=O)[O-])o2)nc2ccccc12. The lowest BCUT2D eigenvalue weighted by Crippen LogP contribution is -2.12. The first-order valence-electron chi connectivity index (χ1n) is 6.66. The molecule has 0 saturated heterocycles. The largest absolute Gasteiger partial charge is 0.433 e. The number of carbonyl (C=O) groups excluding carboxylic acids is 1. The maximum absolute atomic E-state index is 11.6. The van der Waals surface area contributed by atoms with E-state index in [9.17, 15) is 14.9 Å². The normalized spacial score (nSPS) is 11.1. The first-order chi connectivity index (χ1) is 11.0. The Labute approximate surface area is 130 Å².